The van der Waals surface area contributed by atoms with Crippen LogP contribution < -0.4 is 11.3 Å². The number of nitrogen functional groups attached to an aromatic ring is 1. The highest BCUT2D eigenvalue weighted by molar-refractivity contribution is 5.72. The molecule has 1 aliphatic heterocycles. The third-order valence-corrected chi connectivity index (χ3v) is 4.42. The number of rotatable bonds is 5. The molecule has 0 radical (unpaired) electrons. The van der Waals surface area contributed by atoms with Crippen molar-refractivity contribution in [3.8, 4) is 0 Å². The van der Waals surface area contributed by atoms with E-state index >= 15 is 0 Å². The number of carbonyl (C=O) groups is 3. The van der Waals surface area contributed by atoms with Crippen molar-refractivity contribution in [1.29, 1.82) is 0 Å². The maximum Gasteiger partial charge on any atom is 0.449 e. The van der Waals surface area contributed by atoms with Crippen LogP contribution in [0.2, 0.25) is 0 Å². The minimum atomic E-state index is -5.11. The maximum absolute atomic E-state index is 13.8. The fourth-order valence-electron chi connectivity index (χ4n) is 3.34. The van der Waals surface area contributed by atoms with Crippen LogP contribution in [0.4, 0.5) is 19.1 Å². The van der Waals surface area contributed by atoms with Crippen molar-refractivity contribution >= 4 is 35.0 Å². The monoisotopic (exact) mass is 477 g/mol. The van der Waals surface area contributed by atoms with E-state index in [0.29, 0.717) is 4.57 Å². The van der Waals surface area contributed by atoms with Gasteiger partial charge >= 0.3 is 24.1 Å². The molecule has 180 valence electrons. The van der Waals surface area contributed by atoms with Gasteiger partial charge in [-0.05, 0) is 0 Å². The number of fused-ring (bicyclic) bond motifs is 1. The van der Waals surface area contributed by atoms with E-state index in [1.165, 1.54) is 0 Å². The summed E-state index contributed by atoms with van der Waals surface area (Å²) in [6.07, 6.45) is -11.4. The molecule has 2 aromatic rings. The smallest absolute Gasteiger partial charge is 0.449 e. The van der Waals surface area contributed by atoms with Gasteiger partial charge in [-0.15, -0.1) is 0 Å². The number of hydrogen-bond acceptors (Lipinski definition) is 11. The van der Waals surface area contributed by atoms with Crippen LogP contribution in [-0.4, -0.2) is 62.3 Å². The van der Waals surface area contributed by atoms with Gasteiger partial charge in [-0.3, -0.25) is 28.7 Å². The second-order valence-corrected chi connectivity index (χ2v) is 6.94. The molecular weight excluding hydrogens is 459 g/mol. The Bertz CT molecular complexity index is 1160. The van der Waals surface area contributed by atoms with Gasteiger partial charge in [-0.2, -0.15) is 18.2 Å². The average molecular weight is 477 g/mol. The van der Waals surface area contributed by atoms with Gasteiger partial charge in [0.15, 0.2) is 29.6 Å². The van der Waals surface area contributed by atoms with Gasteiger partial charge in [-0.25, -0.2) is 4.98 Å². The van der Waals surface area contributed by atoms with Gasteiger partial charge in [-0.1, -0.05) is 0 Å². The van der Waals surface area contributed by atoms with Gasteiger partial charge in [0.1, 0.15) is 12.7 Å². The zero-order valence-electron chi connectivity index (χ0n) is 17.3. The molecule has 1 aliphatic rings. The molecule has 0 aromatic carbocycles. The first-order valence-corrected chi connectivity index (χ1v) is 9.27. The largest absolute Gasteiger partial charge is 0.463 e. The summed E-state index contributed by atoms with van der Waals surface area (Å²) in [6, 6.07) is 0. The van der Waals surface area contributed by atoms with Crippen molar-refractivity contribution in [2.75, 3.05) is 12.3 Å². The van der Waals surface area contributed by atoms with Crippen LogP contribution in [0, 0.1) is 0 Å². The van der Waals surface area contributed by atoms with Crippen LogP contribution in [0.1, 0.15) is 32.8 Å². The number of H-pyrrole nitrogens is 1. The van der Waals surface area contributed by atoms with Gasteiger partial charge in [0.05, 0.1) is 0 Å². The molecule has 2 aromatic heterocycles. The number of carbonyl (C=O) groups excluding carboxylic acids is 3. The van der Waals surface area contributed by atoms with E-state index in [9.17, 15) is 32.3 Å². The van der Waals surface area contributed by atoms with Gasteiger partial charge < -0.3 is 24.7 Å². The number of alkyl halides is 3. The molecule has 0 bridgehead atoms. The van der Waals surface area contributed by atoms with Crippen molar-refractivity contribution in [2.24, 2.45) is 0 Å². The number of esters is 3. The number of anilines is 1. The lowest BCUT2D eigenvalue weighted by molar-refractivity contribution is -0.168. The third-order valence-electron chi connectivity index (χ3n) is 4.42. The molecule has 1 unspecified atom stereocenters. The molecule has 1 fully saturated rings. The van der Waals surface area contributed by atoms with Crippen molar-refractivity contribution in [1.82, 2.24) is 19.5 Å². The second-order valence-electron chi connectivity index (χ2n) is 6.94. The quantitative estimate of drug-likeness (QED) is 0.439. The number of ether oxygens (including phenoxy) is 4. The summed E-state index contributed by atoms with van der Waals surface area (Å²) in [7, 11) is 0. The summed E-state index contributed by atoms with van der Waals surface area (Å²) in [5.41, 5.74) is 3.09. The van der Waals surface area contributed by atoms with Crippen LogP contribution in [0.25, 0.3) is 11.2 Å². The first kappa shape index (κ1) is 24.0. The Morgan fingerprint density at radius 2 is 1.70 bits per heavy atom. The lowest BCUT2D eigenvalue weighted by atomic mass is 10.1. The molecule has 3 rings (SSSR count). The van der Waals surface area contributed by atoms with E-state index in [1.807, 2.05) is 4.98 Å². The van der Waals surface area contributed by atoms with Crippen molar-refractivity contribution < 1.29 is 46.5 Å². The minimum Gasteiger partial charge on any atom is -0.463 e. The van der Waals surface area contributed by atoms with Crippen LogP contribution in [0.5, 0.6) is 0 Å². The number of aromatic nitrogens is 4. The number of halogens is 3. The molecular formula is C17H18F3N5O8. The number of hydrogen-bond donors (Lipinski definition) is 2. The Morgan fingerprint density at radius 1 is 1.09 bits per heavy atom. The standard InChI is InChI=1S/C17H18F3N5O8/c1-5(26)30-4-8-10(31-6(2)27)11(32-7(3)28)14(33-8)25-12-9(13(29)24-16(21)23-12)22-15(25)17(18,19)20/h8,10-11,14H,4H2,1-3H3,(H3,21,23,24,29)/t8-,10+,11?,14-/m1/s1. The maximum atomic E-state index is 13.8. The fraction of sp³-hybridized carbons (Fsp3) is 0.529. The number of nitrogens with one attached hydrogen (secondary N) is 1. The Labute approximate surface area is 182 Å². The number of nitrogens with two attached hydrogens (primary N) is 1. The normalized spacial score (nSPS) is 22.8. The summed E-state index contributed by atoms with van der Waals surface area (Å²) >= 11 is 0. The van der Waals surface area contributed by atoms with Crippen LogP contribution in [-0.2, 0) is 39.5 Å². The highest BCUT2D eigenvalue weighted by Crippen LogP contribution is 2.40. The lowest BCUT2D eigenvalue weighted by Crippen LogP contribution is -2.41. The average Bonchev–Trinajstić information content (AvgIpc) is 3.18. The summed E-state index contributed by atoms with van der Waals surface area (Å²) in [4.78, 5) is 55.8. The van der Waals surface area contributed by atoms with E-state index in [0.717, 1.165) is 20.8 Å². The third kappa shape index (κ3) is 4.89. The highest BCUT2D eigenvalue weighted by Gasteiger charge is 2.53. The molecule has 0 aliphatic carbocycles. The Hall–Kier alpha value is -3.69. The molecule has 0 spiro atoms. The molecule has 16 heteroatoms. The van der Waals surface area contributed by atoms with Crippen LogP contribution in [0.3, 0.4) is 0 Å². The van der Waals surface area contributed by atoms with E-state index < -0.39 is 83.7 Å². The van der Waals surface area contributed by atoms with E-state index in [4.69, 9.17) is 24.7 Å². The Kier molecular flexibility index (Phi) is 6.31. The van der Waals surface area contributed by atoms with Gasteiger partial charge in [0.2, 0.25) is 11.8 Å². The van der Waals surface area contributed by atoms with Crippen molar-refractivity contribution in [3.05, 3.63) is 16.2 Å². The van der Waals surface area contributed by atoms with Gasteiger partial charge in [0, 0.05) is 20.8 Å². The Balaban J connectivity index is 2.23. The molecule has 33 heavy (non-hydrogen) atoms. The Morgan fingerprint density at radius 3 is 2.24 bits per heavy atom. The van der Waals surface area contributed by atoms with Crippen molar-refractivity contribution in [3.63, 3.8) is 0 Å². The summed E-state index contributed by atoms with van der Waals surface area (Å²) in [5, 5.41) is 0. The summed E-state index contributed by atoms with van der Waals surface area (Å²) in [5.74, 6) is -4.70. The minimum absolute atomic E-state index is 0.374. The lowest BCUT2D eigenvalue weighted by Gasteiger charge is -2.24. The topological polar surface area (TPSA) is 178 Å². The van der Waals surface area contributed by atoms with Crippen molar-refractivity contribution in [2.45, 2.75) is 51.5 Å². The van der Waals surface area contributed by atoms with E-state index in [-0.39, 0.29) is 0 Å². The molecule has 1 saturated heterocycles. The predicted octanol–water partition coefficient (Wildman–Crippen LogP) is 0.0445. The predicted molar refractivity (Wildman–Crippen MR) is 99.2 cm³/mol. The van der Waals surface area contributed by atoms with E-state index in [1.54, 1.807) is 0 Å². The molecule has 4 atom stereocenters. The molecule has 0 saturated carbocycles. The van der Waals surface area contributed by atoms with E-state index in [2.05, 4.69) is 9.97 Å². The zero-order valence-corrected chi connectivity index (χ0v) is 17.3. The molecule has 3 heterocycles. The fourth-order valence-corrected chi connectivity index (χ4v) is 3.34. The van der Waals surface area contributed by atoms with Gasteiger partial charge in [0.25, 0.3) is 5.56 Å². The number of imidazole rings is 1. The highest BCUT2D eigenvalue weighted by atomic mass is 19.4. The summed E-state index contributed by atoms with van der Waals surface area (Å²) < 4.78 is 62.6. The SMILES string of the molecule is CC(=O)OC[C@H]1O[C@@H](n2c(C(F)(F)F)nc3c(=O)[nH]c(N)nc32)C(OC(C)=O)[C@H]1OC(C)=O. The van der Waals surface area contributed by atoms with Crippen LogP contribution >= 0.6 is 0 Å². The summed E-state index contributed by atoms with van der Waals surface area (Å²) in [6.45, 7) is 2.50. The molecule has 13 nitrogen and oxygen atoms in total. The molecule has 3 N–H and O–H groups in total. The first-order valence-electron chi connectivity index (χ1n) is 9.27. The second kappa shape index (κ2) is 8.68. The molecule has 0 amide bonds. The number of aromatic amines is 1. The number of nitrogens with zero attached hydrogens (tertiary/aromatic N) is 3. The van der Waals surface area contributed by atoms with Crippen LogP contribution in [0.15, 0.2) is 4.79 Å². The first-order chi connectivity index (χ1) is 15.3. The zero-order chi connectivity index (χ0) is 24.7.